The largest absolute Gasteiger partial charge is 0.497 e. The SMILES string of the molecule is COc1cc(Cl)c2[nH]ncc2c1. The maximum absolute atomic E-state index is 5.93. The molecule has 4 heteroatoms. The maximum atomic E-state index is 5.93. The van der Waals surface area contributed by atoms with E-state index in [2.05, 4.69) is 10.2 Å². The zero-order valence-corrected chi connectivity index (χ0v) is 7.22. The molecule has 0 atom stereocenters. The Kier molecular flexibility index (Phi) is 1.66. The molecule has 12 heavy (non-hydrogen) atoms. The summed E-state index contributed by atoms with van der Waals surface area (Å²) in [7, 11) is 1.61. The molecule has 0 saturated heterocycles. The summed E-state index contributed by atoms with van der Waals surface area (Å²) in [5.74, 6) is 0.744. The van der Waals surface area contributed by atoms with Crippen LogP contribution in [0.4, 0.5) is 0 Å². The Labute approximate surface area is 74.3 Å². The summed E-state index contributed by atoms with van der Waals surface area (Å²) >= 11 is 5.93. The van der Waals surface area contributed by atoms with E-state index in [9.17, 15) is 0 Å². The van der Waals surface area contributed by atoms with Crippen molar-refractivity contribution >= 4 is 22.5 Å². The molecule has 2 aromatic rings. The zero-order chi connectivity index (χ0) is 8.55. The summed E-state index contributed by atoms with van der Waals surface area (Å²) in [6.45, 7) is 0. The van der Waals surface area contributed by atoms with E-state index in [0.29, 0.717) is 5.02 Å². The fourth-order valence-electron chi connectivity index (χ4n) is 1.11. The molecule has 0 amide bonds. The van der Waals surface area contributed by atoms with E-state index in [1.165, 1.54) is 0 Å². The van der Waals surface area contributed by atoms with Gasteiger partial charge in [0.15, 0.2) is 0 Å². The van der Waals surface area contributed by atoms with Crippen LogP contribution in [0, 0.1) is 0 Å². The summed E-state index contributed by atoms with van der Waals surface area (Å²) in [5, 5.41) is 8.26. The first kappa shape index (κ1) is 7.43. The van der Waals surface area contributed by atoms with E-state index < -0.39 is 0 Å². The Bertz CT molecular complexity index is 410. The Morgan fingerprint density at radius 1 is 1.50 bits per heavy atom. The molecule has 0 fully saturated rings. The van der Waals surface area contributed by atoms with Crippen molar-refractivity contribution in [3.8, 4) is 5.75 Å². The summed E-state index contributed by atoms with van der Waals surface area (Å²) in [6.07, 6.45) is 1.71. The molecule has 1 heterocycles. The Morgan fingerprint density at radius 3 is 3.08 bits per heavy atom. The van der Waals surface area contributed by atoms with Crippen LogP contribution >= 0.6 is 11.6 Å². The number of rotatable bonds is 1. The molecule has 3 nitrogen and oxygen atoms in total. The van der Waals surface area contributed by atoms with Crippen molar-refractivity contribution in [2.45, 2.75) is 0 Å². The minimum Gasteiger partial charge on any atom is -0.497 e. The monoisotopic (exact) mass is 182 g/mol. The average Bonchev–Trinajstić information content (AvgIpc) is 2.52. The molecule has 0 aliphatic rings. The first-order valence-corrected chi connectivity index (χ1v) is 3.85. The van der Waals surface area contributed by atoms with Crippen LogP contribution in [0.3, 0.4) is 0 Å². The molecule has 62 valence electrons. The Hall–Kier alpha value is -1.22. The van der Waals surface area contributed by atoms with Gasteiger partial charge in [-0.15, -0.1) is 0 Å². The third kappa shape index (κ3) is 1.02. The van der Waals surface area contributed by atoms with Crippen LogP contribution in [-0.2, 0) is 0 Å². The second-order valence-corrected chi connectivity index (χ2v) is 2.85. The smallest absolute Gasteiger partial charge is 0.121 e. The molecule has 0 saturated carbocycles. The van der Waals surface area contributed by atoms with Crippen LogP contribution in [0.25, 0.3) is 10.9 Å². The topological polar surface area (TPSA) is 37.9 Å². The minimum absolute atomic E-state index is 0.627. The highest BCUT2D eigenvalue weighted by molar-refractivity contribution is 6.35. The molecule has 1 aromatic carbocycles. The molecule has 0 aliphatic carbocycles. The molecule has 1 N–H and O–H groups in total. The van der Waals surface area contributed by atoms with Crippen molar-refractivity contribution < 1.29 is 4.74 Å². The van der Waals surface area contributed by atoms with E-state index in [-0.39, 0.29) is 0 Å². The van der Waals surface area contributed by atoms with Gasteiger partial charge >= 0.3 is 0 Å². The Morgan fingerprint density at radius 2 is 2.33 bits per heavy atom. The average molecular weight is 183 g/mol. The van der Waals surface area contributed by atoms with Crippen LogP contribution in [0.5, 0.6) is 5.75 Å². The highest BCUT2D eigenvalue weighted by Gasteiger charge is 2.03. The highest BCUT2D eigenvalue weighted by atomic mass is 35.5. The molecule has 2 rings (SSSR count). The van der Waals surface area contributed by atoms with Gasteiger partial charge in [0.25, 0.3) is 0 Å². The summed E-state index contributed by atoms with van der Waals surface area (Å²) in [5.41, 5.74) is 0.845. The third-order valence-electron chi connectivity index (χ3n) is 1.71. The van der Waals surface area contributed by atoms with Crippen LogP contribution in [-0.4, -0.2) is 17.3 Å². The number of fused-ring (bicyclic) bond motifs is 1. The van der Waals surface area contributed by atoms with Gasteiger partial charge in [-0.25, -0.2) is 0 Å². The van der Waals surface area contributed by atoms with Gasteiger partial charge in [-0.3, -0.25) is 5.10 Å². The molecule has 0 bridgehead atoms. The lowest BCUT2D eigenvalue weighted by molar-refractivity contribution is 0.415. The predicted molar refractivity (Wildman–Crippen MR) is 47.7 cm³/mol. The normalized spacial score (nSPS) is 10.5. The number of halogens is 1. The summed E-state index contributed by atoms with van der Waals surface area (Å²) in [4.78, 5) is 0. The van der Waals surface area contributed by atoms with Gasteiger partial charge in [-0.05, 0) is 6.07 Å². The van der Waals surface area contributed by atoms with Gasteiger partial charge in [0.05, 0.1) is 23.8 Å². The molecular formula is C8H7ClN2O. The molecule has 0 radical (unpaired) electrons. The van der Waals surface area contributed by atoms with Crippen LogP contribution < -0.4 is 4.74 Å². The van der Waals surface area contributed by atoms with Crippen LogP contribution in [0.15, 0.2) is 18.3 Å². The number of aromatic nitrogens is 2. The van der Waals surface area contributed by atoms with Gasteiger partial charge in [0.1, 0.15) is 5.75 Å². The standard InChI is InChI=1S/C8H7ClN2O/c1-12-6-2-5-4-10-11-8(5)7(9)3-6/h2-4H,1H3,(H,10,11). The number of nitrogens with one attached hydrogen (secondary N) is 1. The summed E-state index contributed by atoms with van der Waals surface area (Å²) < 4.78 is 5.05. The van der Waals surface area contributed by atoms with Crippen molar-refractivity contribution in [1.82, 2.24) is 10.2 Å². The van der Waals surface area contributed by atoms with Gasteiger partial charge in [-0.2, -0.15) is 5.10 Å². The first-order chi connectivity index (χ1) is 5.81. The van der Waals surface area contributed by atoms with Crippen LogP contribution in [0.2, 0.25) is 5.02 Å². The van der Waals surface area contributed by atoms with Gasteiger partial charge < -0.3 is 4.74 Å². The summed E-state index contributed by atoms with van der Waals surface area (Å²) in [6, 6.07) is 3.63. The number of hydrogen-bond acceptors (Lipinski definition) is 2. The predicted octanol–water partition coefficient (Wildman–Crippen LogP) is 2.22. The van der Waals surface area contributed by atoms with Gasteiger partial charge in [-0.1, -0.05) is 11.6 Å². The zero-order valence-electron chi connectivity index (χ0n) is 6.47. The number of H-pyrrole nitrogens is 1. The van der Waals surface area contributed by atoms with Crippen LogP contribution in [0.1, 0.15) is 0 Å². The van der Waals surface area contributed by atoms with E-state index in [1.54, 1.807) is 19.4 Å². The Balaban J connectivity index is 2.75. The number of hydrogen-bond donors (Lipinski definition) is 1. The van der Waals surface area contributed by atoms with Crippen molar-refractivity contribution in [3.63, 3.8) is 0 Å². The van der Waals surface area contributed by atoms with Crippen molar-refractivity contribution in [3.05, 3.63) is 23.4 Å². The number of methoxy groups -OCH3 is 1. The minimum atomic E-state index is 0.627. The second kappa shape index (κ2) is 2.68. The molecular weight excluding hydrogens is 176 g/mol. The van der Waals surface area contributed by atoms with E-state index >= 15 is 0 Å². The lowest BCUT2D eigenvalue weighted by Gasteiger charge is -1.99. The number of nitrogens with zero attached hydrogens (tertiary/aromatic N) is 1. The van der Waals surface area contributed by atoms with Gasteiger partial charge in [0.2, 0.25) is 0 Å². The fourth-order valence-corrected chi connectivity index (χ4v) is 1.36. The quantitative estimate of drug-likeness (QED) is 0.735. The van der Waals surface area contributed by atoms with E-state index in [4.69, 9.17) is 16.3 Å². The molecule has 1 aromatic heterocycles. The number of aromatic amines is 1. The first-order valence-electron chi connectivity index (χ1n) is 3.48. The highest BCUT2D eigenvalue weighted by Crippen LogP contribution is 2.26. The number of ether oxygens (including phenoxy) is 1. The molecule has 0 unspecified atom stereocenters. The van der Waals surface area contributed by atoms with Crippen molar-refractivity contribution in [2.24, 2.45) is 0 Å². The maximum Gasteiger partial charge on any atom is 0.121 e. The van der Waals surface area contributed by atoms with Crippen molar-refractivity contribution in [1.29, 1.82) is 0 Å². The second-order valence-electron chi connectivity index (χ2n) is 2.44. The number of benzene rings is 1. The fraction of sp³-hybridized carbons (Fsp3) is 0.125. The lowest BCUT2D eigenvalue weighted by Crippen LogP contribution is -1.82. The van der Waals surface area contributed by atoms with E-state index in [1.807, 2.05) is 6.07 Å². The van der Waals surface area contributed by atoms with E-state index in [0.717, 1.165) is 16.7 Å². The molecule has 0 spiro atoms. The molecule has 0 aliphatic heterocycles. The lowest BCUT2D eigenvalue weighted by atomic mass is 10.2. The van der Waals surface area contributed by atoms with Crippen molar-refractivity contribution in [2.75, 3.05) is 7.11 Å². The third-order valence-corrected chi connectivity index (χ3v) is 2.01. The van der Waals surface area contributed by atoms with Gasteiger partial charge in [0, 0.05) is 11.5 Å².